The highest BCUT2D eigenvalue weighted by molar-refractivity contribution is 7.99. The first-order valence-electron chi connectivity index (χ1n) is 5.62. The van der Waals surface area contributed by atoms with Crippen molar-refractivity contribution >= 4 is 11.8 Å². The molecule has 0 radical (unpaired) electrons. The van der Waals surface area contributed by atoms with Crippen molar-refractivity contribution in [3.63, 3.8) is 0 Å². The molecule has 1 aliphatic rings. The van der Waals surface area contributed by atoms with Crippen LogP contribution in [-0.2, 0) is 0 Å². The number of rotatable bonds is 3. The molecule has 0 saturated carbocycles. The molecule has 2 nitrogen and oxygen atoms in total. The second kappa shape index (κ2) is 6.21. The van der Waals surface area contributed by atoms with Gasteiger partial charge < -0.3 is 10.1 Å². The fraction of sp³-hybridized carbons (Fsp3) is 0.500. The van der Waals surface area contributed by atoms with Crippen LogP contribution >= 0.6 is 11.8 Å². The summed E-state index contributed by atoms with van der Waals surface area (Å²) in [5, 5.41) is 3.37. The highest BCUT2D eigenvalue weighted by atomic mass is 32.2. The summed E-state index contributed by atoms with van der Waals surface area (Å²) >= 11 is 1.84. The maximum absolute atomic E-state index is 12.3. The number of hydrogen-bond donors (Lipinski definition) is 1. The van der Waals surface area contributed by atoms with Crippen LogP contribution in [0.2, 0.25) is 0 Å². The molecule has 1 atom stereocenters. The van der Waals surface area contributed by atoms with Gasteiger partial charge in [-0.05, 0) is 24.8 Å². The average Bonchev–Trinajstić information content (AvgIpc) is 2.57. The van der Waals surface area contributed by atoms with Crippen LogP contribution in [0.5, 0.6) is 5.75 Å². The van der Waals surface area contributed by atoms with Crippen molar-refractivity contribution in [2.24, 2.45) is 0 Å². The Morgan fingerprint density at radius 2 is 2.18 bits per heavy atom. The zero-order valence-corrected chi connectivity index (χ0v) is 10.2. The average molecular weight is 259 g/mol. The monoisotopic (exact) mass is 259 g/mol. The number of nitrogens with one attached hydrogen (secondary N) is 1. The minimum atomic E-state index is -2.77. The van der Waals surface area contributed by atoms with E-state index in [0.29, 0.717) is 0 Å². The van der Waals surface area contributed by atoms with Crippen molar-refractivity contribution in [3.8, 4) is 5.75 Å². The smallest absolute Gasteiger partial charge is 0.387 e. The minimum Gasteiger partial charge on any atom is -0.434 e. The SMILES string of the molecule is FC(F)Oc1ccccc1C1CSCCCN1. The van der Waals surface area contributed by atoms with Crippen LogP contribution < -0.4 is 10.1 Å². The summed E-state index contributed by atoms with van der Waals surface area (Å²) in [5.41, 5.74) is 0.821. The third kappa shape index (κ3) is 3.57. The van der Waals surface area contributed by atoms with E-state index in [4.69, 9.17) is 0 Å². The summed E-state index contributed by atoms with van der Waals surface area (Å²) in [7, 11) is 0. The number of hydrogen-bond acceptors (Lipinski definition) is 3. The molecule has 0 aromatic heterocycles. The number of alkyl halides is 2. The third-order valence-corrected chi connectivity index (χ3v) is 3.80. The Kier molecular flexibility index (Phi) is 4.62. The van der Waals surface area contributed by atoms with Crippen molar-refractivity contribution < 1.29 is 13.5 Å². The molecule has 1 heterocycles. The minimum absolute atomic E-state index is 0.0949. The van der Waals surface area contributed by atoms with Crippen LogP contribution in [0.15, 0.2) is 24.3 Å². The van der Waals surface area contributed by atoms with E-state index in [1.165, 1.54) is 0 Å². The zero-order valence-electron chi connectivity index (χ0n) is 9.36. The Morgan fingerprint density at radius 3 is 3.00 bits per heavy atom. The molecule has 17 heavy (non-hydrogen) atoms. The van der Waals surface area contributed by atoms with Gasteiger partial charge in [0.05, 0.1) is 0 Å². The molecule has 1 aromatic rings. The van der Waals surface area contributed by atoms with E-state index in [1.807, 2.05) is 23.9 Å². The topological polar surface area (TPSA) is 21.3 Å². The first-order valence-corrected chi connectivity index (χ1v) is 6.77. The highest BCUT2D eigenvalue weighted by Gasteiger charge is 2.19. The summed E-state index contributed by atoms with van der Waals surface area (Å²) in [6.07, 6.45) is 1.11. The Labute approximate surface area is 104 Å². The number of ether oxygens (including phenoxy) is 1. The molecule has 2 rings (SSSR count). The number of thioether (sulfide) groups is 1. The van der Waals surface area contributed by atoms with Gasteiger partial charge in [0.15, 0.2) is 0 Å². The Morgan fingerprint density at radius 1 is 1.35 bits per heavy atom. The number of benzene rings is 1. The molecule has 1 fully saturated rings. The van der Waals surface area contributed by atoms with Gasteiger partial charge in [0.2, 0.25) is 0 Å². The lowest BCUT2D eigenvalue weighted by atomic mass is 10.1. The fourth-order valence-electron chi connectivity index (χ4n) is 1.88. The van der Waals surface area contributed by atoms with Crippen LogP contribution in [0.25, 0.3) is 0 Å². The lowest BCUT2D eigenvalue weighted by Crippen LogP contribution is -2.23. The lowest BCUT2D eigenvalue weighted by molar-refractivity contribution is -0.0506. The number of halogens is 2. The van der Waals surface area contributed by atoms with Gasteiger partial charge >= 0.3 is 6.61 Å². The summed E-state index contributed by atoms with van der Waals surface area (Å²) in [6, 6.07) is 7.10. The van der Waals surface area contributed by atoms with Crippen molar-refractivity contribution in [1.82, 2.24) is 5.32 Å². The van der Waals surface area contributed by atoms with Crippen LogP contribution in [0.4, 0.5) is 8.78 Å². The second-order valence-electron chi connectivity index (χ2n) is 3.85. The first-order chi connectivity index (χ1) is 8.27. The molecule has 1 aromatic carbocycles. The van der Waals surface area contributed by atoms with E-state index in [0.717, 1.165) is 30.0 Å². The quantitative estimate of drug-likeness (QED) is 0.901. The van der Waals surface area contributed by atoms with Crippen LogP contribution in [0, 0.1) is 0 Å². The van der Waals surface area contributed by atoms with E-state index in [2.05, 4.69) is 10.1 Å². The van der Waals surface area contributed by atoms with E-state index < -0.39 is 6.61 Å². The molecular weight excluding hydrogens is 244 g/mol. The molecule has 1 N–H and O–H groups in total. The Bertz CT molecular complexity index is 354. The largest absolute Gasteiger partial charge is 0.434 e. The van der Waals surface area contributed by atoms with Gasteiger partial charge in [-0.3, -0.25) is 0 Å². The van der Waals surface area contributed by atoms with E-state index in [-0.39, 0.29) is 11.8 Å². The Hall–Kier alpha value is -0.810. The summed E-state index contributed by atoms with van der Waals surface area (Å²) in [5.74, 6) is 2.29. The van der Waals surface area contributed by atoms with Gasteiger partial charge in [0, 0.05) is 17.4 Å². The van der Waals surface area contributed by atoms with E-state index >= 15 is 0 Å². The van der Waals surface area contributed by atoms with Gasteiger partial charge in [0.25, 0.3) is 0 Å². The normalized spacial score (nSPS) is 21.2. The summed E-state index contributed by atoms with van der Waals surface area (Å²) in [4.78, 5) is 0. The van der Waals surface area contributed by atoms with Gasteiger partial charge in [-0.15, -0.1) is 0 Å². The van der Waals surface area contributed by atoms with Crippen molar-refractivity contribution in [2.45, 2.75) is 19.1 Å². The first kappa shape index (κ1) is 12.6. The Balaban J connectivity index is 2.17. The van der Waals surface area contributed by atoms with E-state index in [1.54, 1.807) is 12.1 Å². The molecule has 0 amide bonds. The molecule has 0 bridgehead atoms. The molecule has 1 unspecified atom stereocenters. The zero-order chi connectivity index (χ0) is 12.1. The lowest BCUT2D eigenvalue weighted by Gasteiger charge is -2.19. The number of para-hydroxylation sites is 1. The molecule has 5 heteroatoms. The predicted molar refractivity (Wildman–Crippen MR) is 65.8 cm³/mol. The molecular formula is C12H15F2NOS. The van der Waals surface area contributed by atoms with Gasteiger partial charge in [0.1, 0.15) is 5.75 Å². The molecule has 1 saturated heterocycles. The van der Waals surface area contributed by atoms with Crippen LogP contribution in [0.1, 0.15) is 18.0 Å². The molecule has 94 valence electrons. The molecule has 1 aliphatic heterocycles. The van der Waals surface area contributed by atoms with Gasteiger partial charge in [-0.2, -0.15) is 20.5 Å². The van der Waals surface area contributed by atoms with E-state index in [9.17, 15) is 8.78 Å². The van der Waals surface area contributed by atoms with Crippen LogP contribution in [0.3, 0.4) is 0 Å². The molecule has 0 aliphatic carbocycles. The van der Waals surface area contributed by atoms with Crippen molar-refractivity contribution in [1.29, 1.82) is 0 Å². The standard InChI is InChI=1S/C12H15F2NOS/c13-12(14)16-11-5-2-1-4-9(11)10-8-17-7-3-6-15-10/h1-2,4-5,10,12,15H,3,6-8H2. The highest BCUT2D eigenvalue weighted by Crippen LogP contribution is 2.30. The fourth-order valence-corrected chi connectivity index (χ4v) is 2.93. The maximum Gasteiger partial charge on any atom is 0.387 e. The molecule has 0 spiro atoms. The predicted octanol–water partition coefficient (Wildman–Crippen LogP) is 3.06. The summed E-state index contributed by atoms with van der Waals surface area (Å²) in [6.45, 7) is -1.85. The van der Waals surface area contributed by atoms with Crippen molar-refractivity contribution in [3.05, 3.63) is 29.8 Å². The van der Waals surface area contributed by atoms with Crippen molar-refractivity contribution in [2.75, 3.05) is 18.1 Å². The second-order valence-corrected chi connectivity index (χ2v) is 5.00. The maximum atomic E-state index is 12.3. The van der Waals surface area contributed by atoms with Gasteiger partial charge in [-0.1, -0.05) is 18.2 Å². The summed E-state index contributed by atoms with van der Waals surface area (Å²) < 4.78 is 29.2. The van der Waals surface area contributed by atoms with Crippen LogP contribution in [-0.4, -0.2) is 24.7 Å². The van der Waals surface area contributed by atoms with Gasteiger partial charge in [-0.25, -0.2) is 0 Å². The third-order valence-electron chi connectivity index (χ3n) is 2.65.